The smallest absolute Gasteiger partial charge is 0.306 e. The minimum Gasteiger partial charge on any atom is -0.481 e. The second kappa shape index (κ2) is 6.25. The molecule has 1 aromatic heterocycles. The van der Waals surface area contributed by atoms with Crippen LogP contribution in [0.1, 0.15) is 18.9 Å². The van der Waals surface area contributed by atoms with Crippen LogP contribution in [-0.4, -0.2) is 29.1 Å². The van der Waals surface area contributed by atoms with E-state index in [4.69, 9.17) is 11.6 Å². The van der Waals surface area contributed by atoms with Crippen LogP contribution in [0.25, 0.3) is 10.9 Å². The fourth-order valence-electron chi connectivity index (χ4n) is 3.33. The van der Waals surface area contributed by atoms with Gasteiger partial charge in [0.25, 0.3) is 0 Å². The third kappa shape index (κ3) is 2.65. The highest BCUT2D eigenvalue weighted by Gasteiger charge is 2.32. The van der Waals surface area contributed by atoms with Crippen molar-refractivity contribution >= 4 is 34.2 Å². The van der Waals surface area contributed by atoms with Crippen LogP contribution in [0.4, 0.5) is 10.1 Å². The predicted molar refractivity (Wildman–Crippen MR) is 88.5 cm³/mol. The SMILES string of the molecule is C[C@H]1CN(c2c(C#N)cnc3c(F)c(Cl)ccc23)CC[C@H]1C(=O)O. The molecule has 3 rings (SSSR count). The van der Waals surface area contributed by atoms with Crippen molar-refractivity contribution in [1.29, 1.82) is 5.26 Å². The van der Waals surface area contributed by atoms with Gasteiger partial charge in [-0.05, 0) is 24.5 Å². The third-order valence-electron chi connectivity index (χ3n) is 4.56. The van der Waals surface area contributed by atoms with Crippen LogP contribution < -0.4 is 4.90 Å². The molecule has 7 heteroatoms. The Hall–Kier alpha value is -2.39. The molecule has 2 atom stereocenters. The van der Waals surface area contributed by atoms with Gasteiger partial charge in [-0.3, -0.25) is 9.78 Å². The van der Waals surface area contributed by atoms with E-state index in [0.717, 1.165) is 0 Å². The normalized spacial score (nSPS) is 20.8. The van der Waals surface area contributed by atoms with Gasteiger partial charge in [-0.15, -0.1) is 0 Å². The van der Waals surface area contributed by atoms with Crippen LogP contribution in [-0.2, 0) is 4.79 Å². The monoisotopic (exact) mass is 347 g/mol. The van der Waals surface area contributed by atoms with E-state index in [1.807, 2.05) is 11.8 Å². The number of nitrogens with zero attached hydrogens (tertiary/aromatic N) is 3. The van der Waals surface area contributed by atoms with E-state index in [2.05, 4.69) is 11.1 Å². The number of carbonyl (C=O) groups is 1. The van der Waals surface area contributed by atoms with Gasteiger partial charge in [0.05, 0.1) is 22.2 Å². The van der Waals surface area contributed by atoms with Crippen LogP contribution in [0.5, 0.6) is 0 Å². The highest BCUT2D eigenvalue weighted by Crippen LogP contribution is 2.36. The molecule has 2 heterocycles. The minimum absolute atomic E-state index is 0.0244. The molecule has 0 aliphatic carbocycles. The molecule has 0 saturated carbocycles. The number of carboxylic acid groups (broad SMARTS) is 1. The number of nitriles is 1. The van der Waals surface area contributed by atoms with Crippen LogP contribution >= 0.6 is 11.6 Å². The first-order valence-electron chi connectivity index (χ1n) is 7.58. The van der Waals surface area contributed by atoms with Gasteiger partial charge in [0, 0.05) is 24.7 Å². The number of piperidine rings is 1. The number of carboxylic acids is 1. The number of fused-ring (bicyclic) bond motifs is 1. The Kier molecular flexibility index (Phi) is 4.29. The summed E-state index contributed by atoms with van der Waals surface area (Å²) in [5.74, 6) is -1.91. The zero-order valence-electron chi connectivity index (χ0n) is 13.0. The fourth-order valence-corrected chi connectivity index (χ4v) is 3.48. The van der Waals surface area contributed by atoms with Crippen molar-refractivity contribution in [2.24, 2.45) is 11.8 Å². The van der Waals surface area contributed by atoms with Crippen molar-refractivity contribution in [1.82, 2.24) is 4.98 Å². The van der Waals surface area contributed by atoms with E-state index >= 15 is 0 Å². The molecule has 0 spiro atoms. The maximum absolute atomic E-state index is 14.3. The predicted octanol–water partition coefficient (Wildman–Crippen LogP) is 3.45. The second-order valence-corrected chi connectivity index (χ2v) is 6.45. The standard InChI is InChI=1S/C17H15ClFN3O2/c1-9-8-22(5-4-11(9)17(23)24)16-10(6-20)7-21-15-12(16)2-3-13(18)14(15)19/h2-3,7,9,11H,4-5,8H2,1H3,(H,23,24)/t9-,11+/m0/s1. The van der Waals surface area contributed by atoms with Crippen molar-refractivity contribution in [3.8, 4) is 6.07 Å². The largest absolute Gasteiger partial charge is 0.481 e. The molecular weight excluding hydrogens is 333 g/mol. The molecule has 0 bridgehead atoms. The molecule has 24 heavy (non-hydrogen) atoms. The first-order valence-corrected chi connectivity index (χ1v) is 7.96. The lowest BCUT2D eigenvalue weighted by Crippen LogP contribution is -2.42. The number of benzene rings is 1. The first-order chi connectivity index (χ1) is 11.4. The zero-order chi connectivity index (χ0) is 17.4. The Morgan fingerprint density at radius 2 is 2.29 bits per heavy atom. The maximum atomic E-state index is 14.3. The zero-order valence-corrected chi connectivity index (χ0v) is 13.7. The molecular formula is C17H15ClFN3O2. The second-order valence-electron chi connectivity index (χ2n) is 6.05. The summed E-state index contributed by atoms with van der Waals surface area (Å²) >= 11 is 5.82. The Labute approximate surface area is 143 Å². The van der Waals surface area contributed by atoms with E-state index in [1.165, 1.54) is 12.3 Å². The Morgan fingerprint density at radius 1 is 1.54 bits per heavy atom. The van der Waals surface area contributed by atoms with Gasteiger partial charge < -0.3 is 10.0 Å². The van der Waals surface area contributed by atoms with Gasteiger partial charge in [-0.2, -0.15) is 5.26 Å². The first kappa shape index (κ1) is 16.5. The number of aliphatic carboxylic acids is 1. The van der Waals surface area contributed by atoms with Crippen LogP contribution in [0.15, 0.2) is 18.3 Å². The van der Waals surface area contributed by atoms with Crippen molar-refractivity contribution < 1.29 is 14.3 Å². The van der Waals surface area contributed by atoms with E-state index in [0.29, 0.717) is 36.1 Å². The van der Waals surface area contributed by atoms with Crippen molar-refractivity contribution in [3.05, 3.63) is 34.7 Å². The van der Waals surface area contributed by atoms with Crippen LogP contribution in [0.3, 0.4) is 0 Å². The lowest BCUT2D eigenvalue weighted by atomic mass is 9.86. The number of aromatic nitrogens is 1. The average Bonchev–Trinajstić information content (AvgIpc) is 2.56. The van der Waals surface area contributed by atoms with Gasteiger partial charge >= 0.3 is 5.97 Å². The molecule has 1 aliphatic heterocycles. The summed E-state index contributed by atoms with van der Waals surface area (Å²) in [6.45, 7) is 2.84. The summed E-state index contributed by atoms with van der Waals surface area (Å²) < 4.78 is 14.3. The molecule has 124 valence electrons. The van der Waals surface area contributed by atoms with Gasteiger partial charge in [0.1, 0.15) is 11.6 Å². The summed E-state index contributed by atoms with van der Waals surface area (Å²) in [7, 11) is 0. The number of halogens is 2. The number of hydrogen-bond donors (Lipinski definition) is 1. The number of hydrogen-bond acceptors (Lipinski definition) is 4. The Bertz CT molecular complexity index is 865. The van der Waals surface area contributed by atoms with Crippen LogP contribution in [0, 0.1) is 29.0 Å². The number of pyridine rings is 1. The quantitative estimate of drug-likeness (QED) is 0.900. The van der Waals surface area contributed by atoms with E-state index in [1.54, 1.807) is 6.07 Å². The Balaban J connectivity index is 2.11. The molecule has 1 fully saturated rings. The average molecular weight is 348 g/mol. The topological polar surface area (TPSA) is 77.2 Å². The highest BCUT2D eigenvalue weighted by molar-refractivity contribution is 6.31. The highest BCUT2D eigenvalue weighted by atomic mass is 35.5. The summed E-state index contributed by atoms with van der Waals surface area (Å²) in [6, 6.07) is 5.19. The lowest BCUT2D eigenvalue weighted by Gasteiger charge is -2.37. The van der Waals surface area contributed by atoms with Gasteiger partial charge in [0.15, 0.2) is 5.82 Å². The molecule has 1 N–H and O–H groups in total. The fraction of sp³-hybridized carbons (Fsp3) is 0.353. The number of rotatable bonds is 2. The summed E-state index contributed by atoms with van der Waals surface area (Å²) in [6.07, 6.45) is 1.81. The molecule has 2 aromatic rings. The molecule has 0 amide bonds. The van der Waals surface area contributed by atoms with Crippen molar-refractivity contribution in [2.75, 3.05) is 18.0 Å². The maximum Gasteiger partial charge on any atom is 0.306 e. The van der Waals surface area contributed by atoms with E-state index < -0.39 is 17.7 Å². The van der Waals surface area contributed by atoms with Gasteiger partial charge in [-0.1, -0.05) is 18.5 Å². The Morgan fingerprint density at radius 3 is 2.92 bits per heavy atom. The molecule has 1 aromatic carbocycles. The molecule has 1 saturated heterocycles. The summed E-state index contributed by atoms with van der Waals surface area (Å²) in [4.78, 5) is 17.3. The molecule has 5 nitrogen and oxygen atoms in total. The van der Waals surface area contributed by atoms with E-state index in [-0.39, 0.29) is 16.5 Å². The minimum atomic E-state index is -0.805. The third-order valence-corrected chi connectivity index (χ3v) is 4.85. The van der Waals surface area contributed by atoms with E-state index in [9.17, 15) is 19.6 Å². The lowest BCUT2D eigenvalue weighted by molar-refractivity contribution is -0.144. The van der Waals surface area contributed by atoms with Gasteiger partial charge in [-0.25, -0.2) is 4.39 Å². The van der Waals surface area contributed by atoms with Crippen LogP contribution in [0.2, 0.25) is 5.02 Å². The summed E-state index contributed by atoms with van der Waals surface area (Å²) in [5, 5.41) is 19.2. The van der Waals surface area contributed by atoms with Crippen molar-refractivity contribution in [2.45, 2.75) is 13.3 Å². The number of anilines is 1. The van der Waals surface area contributed by atoms with Gasteiger partial charge in [0.2, 0.25) is 0 Å². The molecule has 0 radical (unpaired) electrons. The molecule has 0 unspecified atom stereocenters. The van der Waals surface area contributed by atoms with Crippen molar-refractivity contribution in [3.63, 3.8) is 0 Å². The summed E-state index contributed by atoms with van der Waals surface area (Å²) in [5.41, 5.74) is 1.04. The molecule has 1 aliphatic rings.